The minimum atomic E-state index is -4.54. The highest BCUT2D eigenvalue weighted by atomic mass is 35.5. The number of nitrogens with zero attached hydrogens (tertiary/aromatic N) is 1. The summed E-state index contributed by atoms with van der Waals surface area (Å²) in [4.78, 5) is 3.70. The molecular formula is C13H8ClF4N. The molecule has 1 heterocycles. The molecule has 0 aliphatic rings. The average Bonchev–Trinajstić information content (AvgIpc) is 2.37. The van der Waals surface area contributed by atoms with Crippen LogP contribution in [0.15, 0.2) is 36.5 Å². The lowest BCUT2D eigenvalue weighted by Crippen LogP contribution is -2.10. The topological polar surface area (TPSA) is 12.9 Å². The molecule has 0 saturated heterocycles. The van der Waals surface area contributed by atoms with Gasteiger partial charge in [-0.25, -0.2) is 4.39 Å². The fourth-order valence-electron chi connectivity index (χ4n) is 1.67. The maximum atomic E-state index is 13.1. The number of hydrogen-bond donors (Lipinski definition) is 0. The molecule has 0 spiro atoms. The first-order valence-electron chi connectivity index (χ1n) is 5.30. The first kappa shape index (κ1) is 13.8. The highest BCUT2D eigenvalue weighted by molar-refractivity contribution is 6.17. The van der Waals surface area contributed by atoms with E-state index >= 15 is 0 Å². The summed E-state index contributed by atoms with van der Waals surface area (Å²) < 4.78 is 51.6. The van der Waals surface area contributed by atoms with Crippen molar-refractivity contribution < 1.29 is 17.6 Å². The molecule has 0 aliphatic heterocycles. The zero-order chi connectivity index (χ0) is 14.0. The molecule has 0 unspecified atom stereocenters. The molecule has 0 aliphatic carbocycles. The Morgan fingerprint density at radius 3 is 2.42 bits per heavy atom. The Kier molecular flexibility index (Phi) is 3.75. The Labute approximate surface area is 111 Å². The number of benzene rings is 1. The molecule has 6 heteroatoms. The van der Waals surface area contributed by atoms with Crippen LogP contribution >= 0.6 is 11.6 Å². The van der Waals surface area contributed by atoms with Gasteiger partial charge in [0.05, 0.1) is 17.1 Å². The van der Waals surface area contributed by atoms with Crippen LogP contribution in [0.1, 0.15) is 11.3 Å². The van der Waals surface area contributed by atoms with E-state index in [2.05, 4.69) is 4.98 Å². The van der Waals surface area contributed by atoms with E-state index in [9.17, 15) is 17.6 Å². The van der Waals surface area contributed by atoms with Crippen LogP contribution < -0.4 is 0 Å². The van der Waals surface area contributed by atoms with Gasteiger partial charge in [0.2, 0.25) is 0 Å². The standard InChI is InChI=1S/C13H8ClF4N/c14-6-12-11(13(16,17)18)5-9(7-19-12)8-2-1-3-10(15)4-8/h1-5,7H,6H2. The molecular weight excluding hydrogens is 282 g/mol. The van der Waals surface area contributed by atoms with E-state index in [-0.39, 0.29) is 17.1 Å². The molecule has 1 aromatic carbocycles. The molecule has 0 atom stereocenters. The molecule has 100 valence electrons. The summed E-state index contributed by atoms with van der Waals surface area (Å²) in [6.07, 6.45) is -3.29. The van der Waals surface area contributed by atoms with Gasteiger partial charge < -0.3 is 0 Å². The zero-order valence-electron chi connectivity index (χ0n) is 9.51. The molecule has 0 radical (unpaired) electrons. The molecule has 1 aromatic heterocycles. The van der Waals surface area contributed by atoms with E-state index in [1.807, 2.05) is 0 Å². The lowest BCUT2D eigenvalue weighted by atomic mass is 10.0. The third kappa shape index (κ3) is 3.04. The molecule has 2 rings (SSSR count). The Morgan fingerprint density at radius 2 is 1.84 bits per heavy atom. The van der Waals surface area contributed by atoms with Gasteiger partial charge in [0, 0.05) is 11.8 Å². The van der Waals surface area contributed by atoms with Gasteiger partial charge in [0.15, 0.2) is 0 Å². The first-order chi connectivity index (χ1) is 8.91. The minimum absolute atomic E-state index is 0.195. The van der Waals surface area contributed by atoms with E-state index in [0.29, 0.717) is 5.56 Å². The third-order valence-electron chi connectivity index (χ3n) is 2.56. The Balaban J connectivity index is 2.55. The molecule has 0 N–H and O–H groups in total. The van der Waals surface area contributed by atoms with Crippen LogP contribution in [0.5, 0.6) is 0 Å². The number of rotatable bonds is 2. The number of hydrogen-bond acceptors (Lipinski definition) is 1. The summed E-state index contributed by atoms with van der Waals surface area (Å²) in [6.45, 7) is 0. The van der Waals surface area contributed by atoms with Gasteiger partial charge in [-0.05, 0) is 23.8 Å². The fourth-order valence-corrected chi connectivity index (χ4v) is 1.88. The largest absolute Gasteiger partial charge is 0.418 e. The molecule has 1 nitrogen and oxygen atoms in total. The summed E-state index contributed by atoms with van der Waals surface area (Å²) in [5.41, 5.74) is -0.613. The van der Waals surface area contributed by atoms with Gasteiger partial charge in [-0.2, -0.15) is 13.2 Å². The SMILES string of the molecule is Fc1cccc(-c2cnc(CCl)c(C(F)(F)F)c2)c1. The van der Waals surface area contributed by atoms with E-state index in [1.54, 1.807) is 0 Å². The van der Waals surface area contributed by atoms with Crippen molar-refractivity contribution in [3.8, 4) is 11.1 Å². The normalized spacial score (nSPS) is 11.6. The van der Waals surface area contributed by atoms with Crippen LogP contribution in [-0.4, -0.2) is 4.98 Å². The smallest absolute Gasteiger partial charge is 0.259 e. The van der Waals surface area contributed by atoms with E-state index < -0.39 is 17.6 Å². The summed E-state index contributed by atoms with van der Waals surface area (Å²) in [6, 6.07) is 6.24. The second kappa shape index (κ2) is 5.17. The quantitative estimate of drug-likeness (QED) is 0.579. The van der Waals surface area contributed by atoms with Crippen LogP contribution in [0.2, 0.25) is 0 Å². The molecule has 0 amide bonds. The van der Waals surface area contributed by atoms with Crippen molar-refractivity contribution in [2.45, 2.75) is 12.1 Å². The number of halogens is 5. The van der Waals surface area contributed by atoms with E-state index in [0.717, 1.165) is 12.1 Å². The summed E-state index contributed by atoms with van der Waals surface area (Å²) in [7, 11) is 0. The van der Waals surface area contributed by atoms with Gasteiger partial charge in [-0.1, -0.05) is 12.1 Å². The summed E-state index contributed by atoms with van der Waals surface area (Å²) in [5.74, 6) is -0.856. The third-order valence-corrected chi connectivity index (χ3v) is 2.81. The molecule has 0 fully saturated rings. The number of aromatic nitrogens is 1. The van der Waals surface area contributed by atoms with Gasteiger partial charge in [0.25, 0.3) is 0 Å². The van der Waals surface area contributed by atoms with E-state index in [1.165, 1.54) is 24.4 Å². The van der Waals surface area contributed by atoms with Gasteiger partial charge >= 0.3 is 6.18 Å². The van der Waals surface area contributed by atoms with Crippen molar-refractivity contribution in [1.82, 2.24) is 4.98 Å². The molecule has 0 bridgehead atoms. The summed E-state index contributed by atoms with van der Waals surface area (Å²) in [5, 5.41) is 0. The van der Waals surface area contributed by atoms with Gasteiger partial charge in [-0.15, -0.1) is 11.6 Å². The predicted molar refractivity (Wildman–Crippen MR) is 64.2 cm³/mol. The molecule has 2 aromatic rings. The maximum Gasteiger partial charge on any atom is 0.418 e. The Bertz CT molecular complexity index is 595. The molecule has 19 heavy (non-hydrogen) atoms. The number of alkyl halides is 4. The average molecular weight is 290 g/mol. The van der Waals surface area contributed by atoms with Crippen molar-refractivity contribution in [2.75, 3.05) is 0 Å². The van der Waals surface area contributed by atoms with Gasteiger partial charge in [-0.3, -0.25) is 4.98 Å². The van der Waals surface area contributed by atoms with Gasteiger partial charge in [0.1, 0.15) is 5.82 Å². The van der Waals surface area contributed by atoms with Crippen LogP contribution in [-0.2, 0) is 12.1 Å². The second-order valence-electron chi connectivity index (χ2n) is 3.86. The Hall–Kier alpha value is -1.62. The zero-order valence-corrected chi connectivity index (χ0v) is 10.3. The van der Waals surface area contributed by atoms with Crippen LogP contribution in [0.4, 0.5) is 17.6 Å². The minimum Gasteiger partial charge on any atom is -0.259 e. The predicted octanol–water partition coefficient (Wildman–Crippen LogP) is 4.65. The van der Waals surface area contributed by atoms with Crippen LogP contribution in [0.3, 0.4) is 0 Å². The number of pyridine rings is 1. The fraction of sp³-hybridized carbons (Fsp3) is 0.154. The second-order valence-corrected chi connectivity index (χ2v) is 4.13. The molecule has 0 saturated carbocycles. The highest BCUT2D eigenvalue weighted by Crippen LogP contribution is 2.34. The van der Waals surface area contributed by atoms with Crippen molar-refractivity contribution in [3.63, 3.8) is 0 Å². The monoisotopic (exact) mass is 289 g/mol. The first-order valence-corrected chi connectivity index (χ1v) is 5.83. The lowest BCUT2D eigenvalue weighted by molar-refractivity contribution is -0.138. The summed E-state index contributed by atoms with van der Waals surface area (Å²) >= 11 is 5.44. The van der Waals surface area contributed by atoms with Crippen molar-refractivity contribution >= 4 is 11.6 Å². The Morgan fingerprint density at radius 1 is 1.11 bits per heavy atom. The van der Waals surface area contributed by atoms with E-state index in [4.69, 9.17) is 11.6 Å². The van der Waals surface area contributed by atoms with Crippen molar-refractivity contribution in [1.29, 1.82) is 0 Å². The van der Waals surface area contributed by atoms with Crippen LogP contribution in [0, 0.1) is 5.82 Å². The van der Waals surface area contributed by atoms with Crippen LogP contribution in [0.25, 0.3) is 11.1 Å². The maximum absolute atomic E-state index is 13.1. The van der Waals surface area contributed by atoms with Crippen molar-refractivity contribution in [2.24, 2.45) is 0 Å². The highest BCUT2D eigenvalue weighted by Gasteiger charge is 2.34. The van der Waals surface area contributed by atoms with Crippen molar-refractivity contribution in [3.05, 3.63) is 53.6 Å². The lowest BCUT2D eigenvalue weighted by Gasteiger charge is -2.12.